The Morgan fingerprint density at radius 3 is 2.27 bits per heavy atom. The molecule has 0 bridgehead atoms. The molecule has 1 amide bonds. The topological polar surface area (TPSA) is 94.1 Å². The second-order valence-electron chi connectivity index (χ2n) is 6.55. The standard InChI is InChI=1S/C23H27NO6/c1-17(20-12-7-4-8-13-20)29-22(21(14-9-15-25)30-18(2)26)24-23(27)28-16-19-10-5-3-6-11-19/h3-8,10-13,21-22,25H,1,9,14-16H2,2H3,(H,24,27)/t21-,22+/m0/s1. The van der Waals surface area contributed by atoms with Gasteiger partial charge in [0.2, 0.25) is 6.23 Å². The van der Waals surface area contributed by atoms with Gasteiger partial charge in [0.15, 0.2) is 6.10 Å². The molecule has 0 radical (unpaired) electrons. The third-order valence-electron chi connectivity index (χ3n) is 4.14. The summed E-state index contributed by atoms with van der Waals surface area (Å²) in [6, 6.07) is 18.4. The number of rotatable bonds is 11. The maximum Gasteiger partial charge on any atom is 0.410 e. The molecule has 2 N–H and O–H groups in total. The molecule has 7 nitrogen and oxygen atoms in total. The largest absolute Gasteiger partial charge is 0.467 e. The highest BCUT2D eigenvalue weighted by Crippen LogP contribution is 2.19. The van der Waals surface area contributed by atoms with Crippen molar-refractivity contribution in [2.75, 3.05) is 6.61 Å². The number of benzene rings is 2. The predicted molar refractivity (Wildman–Crippen MR) is 112 cm³/mol. The molecule has 2 aromatic rings. The number of aliphatic hydroxyl groups is 1. The predicted octanol–water partition coefficient (Wildman–Crippen LogP) is 3.63. The molecule has 0 fully saturated rings. The Morgan fingerprint density at radius 2 is 1.67 bits per heavy atom. The molecule has 0 aliphatic carbocycles. The van der Waals surface area contributed by atoms with Crippen molar-refractivity contribution in [1.29, 1.82) is 0 Å². The number of esters is 1. The van der Waals surface area contributed by atoms with Crippen molar-refractivity contribution in [2.24, 2.45) is 0 Å². The van der Waals surface area contributed by atoms with Crippen molar-refractivity contribution >= 4 is 17.8 Å². The minimum atomic E-state index is -1.04. The van der Waals surface area contributed by atoms with E-state index >= 15 is 0 Å². The van der Waals surface area contributed by atoms with Crippen LogP contribution in [0, 0.1) is 0 Å². The summed E-state index contributed by atoms with van der Waals surface area (Å²) in [5.41, 5.74) is 1.54. The highest BCUT2D eigenvalue weighted by Gasteiger charge is 2.29. The Balaban J connectivity index is 2.10. The zero-order valence-electron chi connectivity index (χ0n) is 17.0. The SMILES string of the molecule is C=C(O[C@@H](NC(=O)OCc1ccccc1)[C@H](CCCO)OC(C)=O)c1ccccc1. The van der Waals surface area contributed by atoms with Crippen LogP contribution in [-0.4, -0.2) is 36.1 Å². The van der Waals surface area contributed by atoms with Gasteiger partial charge < -0.3 is 19.3 Å². The van der Waals surface area contributed by atoms with Crippen molar-refractivity contribution in [3.8, 4) is 0 Å². The van der Waals surface area contributed by atoms with E-state index in [1.807, 2.05) is 60.7 Å². The normalized spacial score (nSPS) is 12.3. The highest BCUT2D eigenvalue weighted by molar-refractivity contribution is 5.68. The van der Waals surface area contributed by atoms with Crippen LogP contribution in [0.4, 0.5) is 4.79 Å². The molecule has 2 atom stereocenters. The van der Waals surface area contributed by atoms with Crippen LogP contribution in [0.25, 0.3) is 5.76 Å². The van der Waals surface area contributed by atoms with Crippen LogP contribution in [0.3, 0.4) is 0 Å². The van der Waals surface area contributed by atoms with E-state index in [2.05, 4.69) is 11.9 Å². The Morgan fingerprint density at radius 1 is 1.03 bits per heavy atom. The van der Waals surface area contributed by atoms with Gasteiger partial charge >= 0.3 is 12.1 Å². The summed E-state index contributed by atoms with van der Waals surface area (Å²) < 4.78 is 16.4. The first kappa shape index (κ1) is 23.0. The second-order valence-corrected chi connectivity index (χ2v) is 6.55. The van der Waals surface area contributed by atoms with E-state index in [1.54, 1.807) is 0 Å². The van der Waals surface area contributed by atoms with Crippen LogP contribution >= 0.6 is 0 Å². The Hall–Kier alpha value is -3.32. The average molecular weight is 413 g/mol. The van der Waals surface area contributed by atoms with Gasteiger partial charge in [-0.05, 0) is 18.4 Å². The lowest BCUT2D eigenvalue weighted by molar-refractivity contribution is -0.153. The zero-order chi connectivity index (χ0) is 21.8. The van der Waals surface area contributed by atoms with E-state index in [4.69, 9.17) is 14.2 Å². The first-order valence-corrected chi connectivity index (χ1v) is 9.66. The lowest BCUT2D eigenvalue weighted by Gasteiger charge is -2.28. The lowest BCUT2D eigenvalue weighted by atomic mass is 10.1. The fourth-order valence-electron chi connectivity index (χ4n) is 2.70. The van der Waals surface area contributed by atoms with Crippen molar-refractivity contribution in [3.63, 3.8) is 0 Å². The average Bonchev–Trinajstić information content (AvgIpc) is 2.75. The van der Waals surface area contributed by atoms with Crippen molar-refractivity contribution in [2.45, 2.75) is 38.7 Å². The van der Waals surface area contributed by atoms with Crippen LogP contribution < -0.4 is 5.32 Å². The number of ether oxygens (including phenoxy) is 3. The van der Waals surface area contributed by atoms with Crippen LogP contribution in [0.2, 0.25) is 0 Å². The molecule has 2 aromatic carbocycles. The van der Waals surface area contributed by atoms with E-state index < -0.39 is 24.4 Å². The minimum Gasteiger partial charge on any atom is -0.467 e. The quantitative estimate of drug-likeness (QED) is 0.332. The first-order valence-electron chi connectivity index (χ1n) is 9.66. The van der Waals surface area contributed by atoms with E-state index in [-0.39, 0.29) is 19.6 Å². The van der Waals surface area contributed by atoms with Gasteiger partial charge in [0.05, 0.1) is 0 Å². The fourth-order valence-corrected chi connectivity index (χ4v) is 2.70. The molecule has 7 heteroatoms. The van der Waals surface area contributed by atoms with E-state index in [9.17, 15) is 14.7 Å². The summed E-state index contributed by atoms with van der Waals surface area (Å²) in [7, 11) is 0. The number of hydrogen-bond donors (Lipinski definition) is 2. The summed E-state index contributed by atoms with van der Waals surface area (Å²) in [5, 5.41) is 11.8. The molecular weight excluding hydrogens is 386 g/mol. The summed E-state index contributed by atoms with van der Waals surface area (Å²) in [4.78, 5) is 23.9. The van der Waals surface area contributed by atoms with Gasteiger partial charge in [-0.2, -0.15) is 0 Å². The molecule has 0 spiro atoms. The van der Waals surface area contributed by atoms with Gasteiger partial charge in [0.25, 0.3) is 0 Å². The van der Waals surface area contributed by atoms with Gasteiger partial charge in [0.1, 0.15) is 12.4 Å². The summed E-state index contributed by atoms with van der Waals surface area (Å²) in [6.45, 7) is 5.15. The van der Waals surface area contributed by atoms with Crippen LogP contribution in [0.5, 0.6) is 0 Å². The number of hydrogen-bond acceptors (Lipinski definition) is 6. The Kier molecular flexibility index (Phi) is 9.40. The first-order chi connectivity index (χ1) is 14.5. The molecular formula is C23H27NO6. The summed E-state index contributed by atoms with van der Waals surface area (Å²) in [5.74, 6) is -0.235. The third kappa shape index (κ3) is 7.97. The molecule has 0 aliphatic rings. The lowest BCUT2D eigenvalue weighted by Crippen LogP contribution is -2.47. The number of carbonyl (C=O) groups is 2. The molecule has 30 heavy (non-hydrogen) atoms. The van der Waals surface area contributed by atoms with Crippen molar-refractivity contribution in [1.82, 2.24) is 5.32 Å². The van der Waals surface area contributed by atoms with Gasteiger partial charge in [-0.1, -0.05) is 67.2 Å². The molecule has 0 unspecified atom stereocenters. The number of aliphatic hydroxyl groups excluding tert-OH is 1. The second kappa shape index (κ2) is 12.3. The summed E-state index contributed by atoms with van der Waals surface area (Å²) in [6.07, 6.45) is -1.97. The number of carbonyl (C=O) groups excluding carboxylic acids is 2. The highest BCUT2D eigenvalue weighted by atomic mass is 16.6. The van der Waals surface area contributed by atoms with Gasteiger partial charge in [0, 0.05) is 19.1 Å². The Labute approximate surface area is 176 Å². The third-order valence-corrected chi connectivity index (χ3v) is 4.14. The number of amides is 1. The van der Waals surface area contributed by atoms with E-state index in [0.29, 0.717) is 17.7 Å². The van der Waals surface area contributed by atoms with Gasteiger partial charge in [-0.3, -0.25) is 10.1 Å². The van der Waals surface area contributed by atoms with Crippen LogP contribution in [-0.2, 0) is 25.6 Å². The summed E-state index contributed by atoms with van der Waals surface area (Å²) >= 11 is 0. The molecule has 0 saturated heterocycles. The van der Waals surface area contributed by atoms with E-state index in [1.165, 1.54) is 6.92 Å². The molecule has 160 valence electrons. The number of alkyl carbamates (subject to hydrolysis) is 1. The molecule has 2 rings (SSSR count). The monoisotopic (exact) mass is 413 g/mol. The maximum absolute atomic E-state index is 12.4. The number of nitrogens with one attached hydrogen (secondary N) is 1. The van der Waals surface area contributed by atoms with Crippen LogP contribution in [0.1, 0.15) is 30.9 Å². The van der Waals surface area contributed by atoms with E-state index in [0.717, 1.165) is 5.56 Å². The molecule has 0 aliphatic heterocycles. The van der Waals surface area contributed by atoms with Gasteiger partial charge in [-0.15, -0.1) is 0 Å². The van der Waals surface area contributed by atoms with Crippen molar-refractivity contribution < 1.29 is 28.9 Å². The minimum absolute atomic E-state index is 0.0773. The molecule has 0 heterocycles. The molecule has 0 aromatic heterocycles. The Bertz CT molecular complexity index is 809. The van der Waals surface area contributed by atoms with Crippen LogP contribution in [0.15, 0.2) is 67.2 Å². The maximum atomic E-state index is 12.4. The molecule has 0 saturated carbocycles. The zero-order valence-corrected chi connectivity index (χ0v) is 17.0. The fraction of sp³-hybridized carbons (Fsp3) is 0.304. The smallest absolute Gasteiger partial charge is 0.410 e. The van der Waals surface area contributed by atoms with Crippen molar-refractivity contribution in [3.05, 3.63) is 78.4 Å². The van der Waals surface area contributed by atoms with Gasteiger partial charge in [-0.25, -0.2) is 4.79 Å².